The monoisotopic (exact) mass is 423 g/mol. The van der Waals surface area contributed by atoms with Crippen LogP contribution in [0.3, 0.4) is 0 Å². The normalized spacial score (nSPS) is 11.8. The molecule has 0 bridgehead atoms. The molecule has 0 fully saturated rings. The lowest BCUT2D eigenvalue weighted by Crippen LogP contribution is -2.20. The Kier molecular flexibility index (Phi) is 8.61. The predicted octanol–water partition coefficient (Wildman–Crippen LogP) is 6.95. The van der Waals surface area contributed by atoms with Gasteiger partial charge in [0.1, 0.15) is 6.61 Å². The smallest absolute Gasteiger partial charge is 0.161 e. The lowest BCUT2D eigenvalue weighted by Gasteiger charge is -2.19. The molecule has 0 aliphatic rings. The second-order valence-electron chi connectivity index (χ2n) is 7.26. The average molecular weight is 424 g/mol. The van der Waals surface area contributed by atoms with Crippen LogP contribution in [0.2, 0.25) is 5.02 Å². The van der Waals surface area contributed by atoms with E-state index >= 15 is 0 Å². The zero-order valence-electron chi connectivity index (χ0n) is 17.7. The van der Waals surface area contributed by atoms with Gasteiger partial charge in [0.25, 0.3) is 0 Å². The average Bonchev–Trinajstić information content (AvgIpc) is 2.78. The minimum absolute atomic E-state index is 0.340. The van der Waals surface area contributed by atoms with Gasteiger partial charge in [0.15, 0.2) is 11.5 Å². The Morgan fingerprint density at radius 1 is 0.833 bits per heavy atom. The highest BCUT2D eigenvalue weighted by Gasteiger charge is 2.11. The van der Waals surface area contributed by atoms with Gasteiger partial charge in [0, 0.05) is 17.6 Å². The van der Waals surface area contributed by atoms with Crippen LogP contribution in [0.15, 0.2) is 72.8 Å². The maximum absolute atomic E-state index is 6.02. The summed E-state index contributed by atoms with van der Waals surface area (Å²) in [6.45, 7) is 6.05. The standard InChI is InChI=1S/C26H30ClNO2/c1-3-8-24(22-9-6-5-7-10-22)28-18-21-13-16-25(26(17-21)29-4-2)30-19-20-11-14-23(27)15-12-20/h5-7,9-17,24,28H,3-4,8,18-19H2,1-2H3. The zero-order valence-corrected chi connectivity index (χ0v) is 18.5. The highest BCUT2D eigenvalue weighted by molar-refractivity contribution is 6.30. The Balaban J connectivity index is 1.66. The van der Waals surface area contributed by atoms with Gasteiger partial charge >= 0.3 is 0 Å². The molecule has 0 saturated carbocycles. The number of ether oxygens (including phenoxy) is 2. The van der Waals surface area contributed by atoms with Crippen LogP contribution in [0, 0.1) is 0 Å². The minimum atomic E-state index is 0.340. The lowest BCUT2D eigenvalue weighted by molar-refractivity contribution is 0.269. The van der Waals surface area contributed by atoms with E-state index in [0.29, 0.717) is 19.3 Å². The topological polar surface area (TPSA) is 30.5 Å². The summed E-state index contributed by atoms with van der Waals surface area (Å²) in [4.78, 5) is 0. The molecular formula is C26H30ClNO2. The third kappa shape index (κ3) is 6.51. The fourth-order valence-electron chi connectivity index (χ4n) is 3.39. The molecule has 1 unspecified atom stereocenters. The van der Waals surface area contributed by atoms with Crippen molar-refractivity contribution in [3.63, 3.8) is 0 Å². The van der Waals surface area contributed by atoms with Gasteiger partial charge in [-0.1, -0.05) is 73.5 Å². The quantitative estimate of drug-likeness (QED) is 0.362. The van der Waals surface area contributed by atoms with Gasteiger partial charge in [-0.05, 0) is 54.3 Å². The molecular weight excluding hydrogens is 394 g/mol. The molecule has 0 aliphatic carbocycles. The molecule has 3 aromatic carbocycles. The largest absolute Gasteiger partial charge is 0.490 e. The maximum atomic E-state index is 6.02. The van der Waals surface area contributed by atoms with E-state index in [1.807, 2.05) is 37.3 Å². The van der Waals surface area contributed by atoms with E-state index in [4.69, 9.17) is 21.1 Å². The van der Waals surface area contributed by atoms with Gasteiger partial charge in [-0.2, -0.15) is 0 Å². The van der Waals surface area contributed by atoms with Crippen molar-refractivity contribution in [3.8, 4) is 11.5 Å². The van der Waals surface area contributed by atoms with Crippen molar-refractivity contribution in [1.82, 2.24) is 5.32 Å². The zero-order chi connectivity index (χ0) is 21.2. The van der Waals surface area contributed by atoms with E-state index in [2.05, 4.69) is 54.7 Å². The molecule has 0 spiro atoms. The Hall–Kier alpha value is -2.49. The number of rotatable bonds is 11. The second kappa shape index (κ2) is 11.6. The number of halogens is 1. The number of hydrogen-bond acceptors (Lipinski definition) is 3. The molecule has 0 amide bonds. The first-order valence-electron chi connectivity index (χ1n) is 10.6. The van der Waals surface area contributed by atoms with Crippen molar-refractivity contribution in [2.45, 2.75) is 45.9 Å². The van der Waals surface area contributed by atoms with Crippen LogP contribution in [0.1, 0.15) is 49.4 Å². The Labute approximate surface area is 185 Å². The fourth-order valence-corrected chi connectivity index (χ4v) is 3.52. The van der Waals surface area contributed by atoms with Gasteiger partial charge in [-0.15, -0.1) is 0 Å². The van der Waals surface area contributed by atoms with Crippen molar-refractivity contribution in [3.05, 3.63) is 94.5 Å². The number of benzene rings is 3. The van der Waals surface area contributed by atoms with E-state index in [0.717, 1.165) is 41.5 Å². The van der Waals surface area contributed by atoms with Gasteiger partial charge in [0.05, 0.1) is 6.61 Å². The molecule has 1 atom stereocenters. The summed E-state index contributed by atoms with van der Waals surface area (Å²) in [5.41, 5.74) is 3.57. The summed E-state index contributed by atoms with van der Waals surface area (Å²) < 4.78 is 11.9. The molecule has 1 N–H and O–H groups in total. The van der Waals surface area contributed by atoms with Crippen LogP contribution in [0.5, 0.6) is 11.5 Å². The van der Waals surface area contributed by atoms with Crippen LogP contribution in [0.25, 0.3) is 0 Å². The Morgan fingerprint density at radius 2 is 1.57 bits per heavy atom. The van der Waals surface area contributed by atoms with E-state index in [-0.39, 0.29) is 0 Å². The van der Waals surface area contributed by atoms with Gasteiger partial charge in [0.2, 0.25) is 0 Å². The van der Waals surface area contributed by atoms with Crippen LogP contribution < -0.4 is 14.8 Å². The first-order chi connectivity index (χ1) is 14.7. The Morgan fingerprint density at radius 3 is 2.27 bits per heavy atom. The molecule has 0 aliphatic heterocycles. The molecule has 3 nitrogen and oxygen atoms in total. The number of hydrogen-bond donors (Lipinski definition) is 1. The summed E-state index contributed by atoms with van der Waals surface area (Å²) in [6.07, 6.45) is 2.23. The highest BCUT2D eigenvalue weighted by Crippen LogP contribution is 2.30. The SMILES string of the molecule is CCCC(NCc1ccc(OCc2ccc(Cl)cc2)c(OCC)c1)c1ccccc1. The molecule has 3 aromatic rings. The second-order valence-corrected chi connectivity index (χ2v) is 7.70. The first kappa shape index (κ1) is 22.2. The minimum Gasteiger partial charge on any atom is -0.490 e. The molecule has 158 valence electrons. The van der Waals surface area contributed by atoms with Crippen LogP contribution >= 0.6 is 11.6 Å². The third-order valence-corrected chi connectivity index (χ3v) is 5.20. The van der Waals surface area contributed by atoms with Gasteiger partial charge in [-0.25, -0.2) is 0 Å². The molecule has 0 heterocycles. The van der Waals surface area contributed by atoms with Crippen molar-refractivity contribution in [2.75, 3.05) is 6.61 Å². The van der Waals surface area contributed by atoms with E-state index in [9.17, 15) is 0 Å². The number of nitrogens with one attached hydrogen (secondary N) is 1. The first-order valence-corrected chi connectivity index (χ1v) is 11.0. The molecule has 3 rings (SSSR count). The fraction of sp³-hybridized carbons (Fsp3) is 0.308. The van der Waals surface area contributed by atoms with Crippen LogP contribution in [-0.2, 0) is 13.2 Å². The van der Waals surface area contributed by atoms with Gasteiger partial charge in [-0.3, -0.25) is 0 Å². The van der Waals surface area contributed by atoms with Crippen LogP contribution in [-0.4, -0.2) is 6.61 Å². The lowest BCUT2D eigenvalue weighted by atomic mass is 10.0. The van der Waals surface area contributed by atoms with Crippen molar-refractivity contribution >= 4 is 11.6 Å². The highest BCUT2D eigenvalue weighted by atomic mass is 35.5. The van der Waals surface area contributed by atoms with Gasteiger partial charge < -0.3 is 14.8 Å². The van der Waals surface area contributed by atoms with Crippen molar-refractivity contribution < 1.29 is 9.47 Å². The van der Waals surface area contributed by atoms with Crippen molar-refractivity contribution in [1.29, 1.82) is 0 Å². The molecule has 0 radical (unpaired) electrons. The summed E-state index contributed by atoms with van der Waals surface area (Å²) in [5.74, 6) is 1.53. The third-order valence-electron chi connectivity index (χ3n) is 4.95. The molecule has 0 aromatic heterocycles. The van der Waals surface area contributed by atoms with E-state index in [1.165, 1.54) is 11.1 Å². The Bertz CT molecular complexity index is 897. The van der Waals surface area contributed by atoms with E-state index in [1.54, 1.807) is 0 Å². The summed E-state index contributed by atoms with van der Waals surface area (Å²) in [7, 11) is 0. The predicted molar refractivity (Wildman–Crippen MR) is 124 cm³/mol. The molecule has 30 heavy (non-hydrogen) atoms. The van der Waals surface area contributed by atoms with Crippen LogP contribution in [0.4, 0.5) is 0 Å². The summed E-state index contributed by atoms with van der Waals surface area (Å²) in [6, 6.07) is 24.8. The maximum Gasteiger partial charge on any atom is 0.161 e. The molecule has 0 saturated heterocycles. The van der Waals surface area contributed by atoms with E-state index < -0.39 is 0 Å². The van der Waals surface area contributed by atoms with Crippen molar-refractivity contribution in [2.24, 2.45) is 0 Å². The summed E-state index contributed by atoms with van der Waals surface area (Å²) >= 11 is 5.96. The summed E-state index contributed by atoms with van der Waals surface area (Å²) in [5, 5.41) is 4.42. The molecule has 4 heteroatoms.